The number of hydrogen-bond acceptors (Lipinski definition) is 2. The molecule has 2 nitrogen and oxygen atoms in total. The maximum absolute atomic E-state index is 5.89. The second-order valence-corrected chi connectivity index (χ2v) is 3.64. The maximum Gasteiger partial charge on any atom is 0.173 e. The summed E-state index contributed by atoms with van der Waals surface area (Å²) in [6.45, 7) is 5.77. The van der Waals surface area contributed by atoms with Crippen molar-refractivity contribution in [3.8, 4) is 0 Å². The Morgan fingerprint density at radius 3 is 2.92 bits per heavy atom. The van der Waals surface area contributed by atoms with Crippen molar-refractivity contribution in [2.24, 2.45) is 5.73 Å². The molecule has 0 aromatic carbocycles. The molecule has 1 atom stereocenters. The van der Waals surface area contributed by atoms with Gasteiger partial charge in [-0.1, -0.05) is 5.57 Å². The van der Waals surface area contributed by atoms with E-state index in [0.29, 0.717) is 0 Å². The lowest BCUT2D eigenvalue weighted by atomic mass is 10.0. The molecule has 0 aliphatic rings. The Morgan fingerprint density at radius 1 is 1.83 bits per heavy atom. The van der Waals surface area contributed by atoms with E-state index >= 15 is 0 Å². The molecule has 0 spiro atoms. The average molecular weight is 230 g/mol. The summed E-state index contributed by atoms with van der Waals surface area (Å²) in [7, 11) is 0. The van der Waals surface area contributed by atoms with E-state index in [9.17, 15) is 0 Å². The van der Waals surface area contributed by atoms with Crippen LogP contribution in [0.1, 0.15) is 24.9 Å². The first kappa shape index (κ1) is 9.55. The summed E-state index contributed by atoms with van der Waals surface area (Å²) in [5.41, 5.74) is 7.97. The van der Waals surface area contributed by atoms with Crippen molar-refractivity contribution in [1.82, 2.24) is 0 Å². The third-order valence-corrected chi connectivity index (χ3v) is 2.26. The molecule has 0 aliphatic carbocycles. The van der Waals surface area contributed by atoms with Crippen molar-refractivity contribution in [3.05, 3.63) is 34.7 Å². The smallest absolute Gasteiger partial charge is 0.173 e. The highest BCUT2D eigenvalue weighted by Crippen LogP contribution is 2.26. The number of furan rings is 1. The van der Waals surface area contributed by atoms with E-state index in [0.717, 1.165) is 22.2 Å². The molecule has 0 saturated heterocycles. The normalized spacial score (nSPS) is 12.9. The third-order valence-electron chi connectivity index (χ3n) is 1.61. The first-order chi connectivity index (χ1) is 5.61. The summed E-state index contributed by atoms with van der Waals surface area (Å²) in [6, 6.07) is 1.85. The molecule has 1 heterocycles. The summed E-state index contributed by atoms with van der Waals surface area (Å²) in [4.78, 5) is 0. The van der Waals surface area contributed by atoms with Gasteiger partial charge < -0.3 is 10.2 Å². The average Bonchev–Trinajstić information content (AvgIpc) is 2.33. The summed E-state index contributed by atoms with van der Waals surface area (Å²) in [6.07, 6.45) is 2.41. The Balaban J connectivity index is 2.71. The molecule has 2 N–H and O–H groups in total. The van der Waals surface area contributed by atoms with Crippen LogP contribution in [0.3, 0.4) is 0 Å². The van der Waals surface area contributed by atoms with Gasteiger partial charge in [-0.3, -0.25) is 0 Å². The quantitative estimate of drug-likeness (QED) is 0.810. The van der Waals surface area contributed by atoms with Crippen molar-refractivity contribution in [1.29, 1.82) is 0 Å². The lowest BCUT2D eigenvalue weighted by molar-refractivity contribution is 0.531. The first-order valence-electron chi connectivity index (χ1n) is 3.74. The van der Waals surface area contributed by atoms with Crippen molar-refractivity contribution >= 4 is 15.9 Å². The van der Waals surface area contributed by atoms with Gasteiger partial charge in [-0.25, -0.2) is 0 Å². The molecule has 1 rings (SSSR count). The van der Waals surface area contributed by atoms with Crippen LogP contribution in [0.15, 0.2) is 33.6 Å². The van der Waals surface area contributed by atoms with Crippen LogP contribution in [0, 0.1) is 0 Å². The minimum atomic E-state index is -0.0179. The van der Waals surface area contributed by atoms with Crippen LogP contribution in [0.5, 0.6) is 0 Å². The second kappa shape index (κ2) is 3.92. The monoisotopic (exact) mass is 229 g/mol. The first-order valence-corrected chi connectivity index (χ1v) is 4.53. The molecule has 1 aromatic heterocycles. The van der Waals surface area contributed by atoms with Gasteiger partial charge in [0.05, 0.1) is 6.26 Å². The Bertz CT molecular complexity index is 280. The SMILES string of the molecule is C=C(C)CC(N)c1ccoc1Br. The molecule has 0 amide bonds. The Hall–Kier alpha value is -0.540. The molecule has 66 valence electrons. The van der Waals surface area contributed by atoms with Gasteiger partial charge in [0.25, 0.3) is 0 Å². The molecule has 12 heavy (non-hydrogen) atoms. The lowest BCUT2D eigenvalue weighted by Gasteiger charge is -2.08. The summed E-state index contributed by atoms with van der Waals surface area (Å²) in [5.74, 6) is 0. The predicted molar refractivity (Wildman–Crippen MR) is 52.8 cm³/mol. The zero-order chi connectivity index (χ0) is 9.14. The molecule has 0 fully saturated rings. The fourth-order valence-electron chi connectivity index (χ4n) is 1.06. The van der Waals surface area contributed by atoms with Gasteiger partial charge in [-0.05, 0) is 35.3 Å². The van der Waals surface area contributed by atoms with Gasteiger partial charge in [0.2, 0.25) is 0 Å². The van der Waals surface area contributed by atoms with Gasteiger partial charge in [-0.2, -0.15) is 0 Å². The highest BCUT2D eigenvalue weighted by atomic mass is 79.9. The largest absolute Gasteiger partial charge is 0.457 e. The molecular weight excluding hydrogens is 218 g/mol. The van der Waals surface area contributed by atoms with Crippen LogP contribution >= 0.6 is 15.9 Å². The van der Waals surface area contributed by atoms with E-state index in [-0.39, 0.29) is 6.04 Å². The molecular formula is C9H12BrNO. The van der Waals surface area contributed by atoms with Crippen molar-refractivity contribution < 1.29 is 4.42 Å². The van der Waals surface area contributed by atoms with Crippen molar-refractivity contribution in [2.75, 3.05) is 0 Å². The Kier molecular flexibility index (Phi) is 3.12. The van der Waals surface area contributed by atoms with E-state index in [2.05, 4.69) is 22.5 Å². The number of hydrogen-bond donors (Lipinski definition) is 1. The van der Waals surface area contributed by atoms with Crippen LogP contribution < -0.4 is 5.73 Å². The standard InChI is InChI=1S/C9H12BrNO/c1-6(2)5-8(11)7-3-4-12-9(7)10/h3-4,8H,1,5,11H2,2H3. The van der Waals surface area contributed by atoms with Gasteiger partial charge in [0.1, 0.15) is 0 Å². The van der Waals surface area contributed by atoms with E-state index in [1.165, 1.54) is 0 Å². The third kappa shape index (κ3) is 2.22. The molecule has 0 radical (unpaired) electrons. The van der Waals surface area contributed by atoms with Crippen LogP contribution in [0.4, 0.5) is 0 Å². The fraction of sp³-hybridized carbons (Fsp3) is 0.333. The van der Waals surface area contributed by atoms with Crippen LogP contribution in [0.25, 0.3) is 0 Å². The molecule has 1 unspecified atom stereocenters. The Morgan fingerprint density at radius 2 is 2.50 bits per heavy atom. The van der Waals surface area contributed by atoms with Gasteiger partial charge in [0.15, 0.2) is 4.67 Å². The molecule has 1 aromatic rings. The highest BCUT2D eigenvalue weighted by molar-refractivity contribution is 9.10. The van der Waals surface area contributed by atoms with Crippen LogP contribution in [0.2, 0.25) is 0 Å². The molecule has 3 heteroatoms. The van der Waals surface area contributed by atoms with Crippen molar-refractivity contribution in [2.45, 2.75) is 19.4 Å². The summed E-state index contributed by atoms with van der Waals surface area (Å²) >= 11 is 3.28. The van der Waals surface area contributed by atoms with Gasteiger partial charge >= 0.3 is 0 Å². The van der Waals surface area contributed by atoms with E-state index in [4.69, 9.17) is 10.2 Å². The number of nitrogens with two attached hydrogens (primary N) is 1. The molecule has 0 aliphatic heterocycles. The van der Waals surface area contributed by atoms with E-state index < -0.39 is 0 Å². The Labute approximate surface area is 80.6 Å². The van der Waals surface area contributed by atoms with Gasteiger partial charge in [-0.15, -0.1) is 6.58 Å². The molecule has 0 saturated carbocycles. The minimum absolute atomic E-state index is 0.0179. The van der Waals surface area contributed by atoms with Gasteiger partial charge in [0, 0.05) is 11.6 Å². The minimum Gasteiger partial charge on any atom is -0.457 e. The van der Waals surface area contributed by atoms with Crippen LogP contribution in [-0.2, 0) is 0 Å². The fourth-order valence-corrected chi connectivity index (χ4v) is 1.59. The van der Waals surface area contributed by atoms with E-state index in [1.807, 2.05) is 13.0 Å². The predicted octanol–water partition coefficient (Wildman–Crippen LogP) is 3.01. The lowest BCUT2D eigenvalue weighted by Crippen LogP contribution is -2.09. The summed E-state index contributed by atoms with van der Waals surface area (Å²) < 4.78 is 5.79. The number of rotatable bonds is 3. The molecule has 0 bridgehead atoms. The zero-order valence-corrected chi connectivity index (χ0v) is 8.60. The topological polar surface area (TPSA) is 39.2 Å². The highest BCUT2D eigenvalue weighted by Gasteiger charge is 2.11. The second-order valence-electron chi connectivity index (χ2n) is 2.92. The summed E-state index contributed by atoms with van der Waals surface area (Å²) in [5, 5.41) is 0. The van der Waals surface area contributed by atoms with Crippen molar-refractivity contribution in [3.63, 3.8) is 0 Å². The number of halogens is 1. The van der Waals surface area contributed by atoms with Crippen LogP contribution in [-0.4, -0.2) is 0 Å². The zero-order valence-electron chi connectivity index (χ0n) is 7.01. The maximum atomic E-state index is 5.89. The van der Waals surface area contributed by atoms with E-state index in [1.54, 1.807) is 6.26 Å².